The van der Waals surface area contributed by atoms with Gasteiger partial charge in [0.25, 0.3) is 5.91 Å². The number of aromatic amines is 1. The van der Waals surface area contributed by atoms with Crippen LogP contribution in [0.25, 0.3) is 21.7 Å². The van der Waals surface area contributed by atoms with Crippen LogP contribution in [0, 0.1) is 11.3 Å². The summed E-state index contributed by atoms with van der Waals surface area (Å²) in [5.41, 5.74) is 1.99. The molecule has 4 aromatic rings. The zero-order valence-electron chi connectivity index (χ0n) is 14.6. The summed E-state index contributed by atoms with van der Waals surface area (Å²) in [5.74, 6) is -0.422. The number of aromatic hydroxyl groups is 1. The Bertz CT molecular complexity index is 1270. The van der Waals surface area contributed by atoms with E-state index in [4.69, 9.17) is 0 Å². The molecule has 0 aliphatic rings. The van der Waals surface area contributed by atoms with Gasteiger partial charge in [0, 0.05) is 33.7 Å². The minimum absolute atomic E-state index is 0.0816. The number of aromatic nitrogens is 2. The Labute approximate surface area is 159 Å². The third kappa shape index (κ3) is 3.22. The molecule has 3 aromatic carbocycles. The second-order valence-electron chi connectivity index (χ2n) is 6.12. The third-order valence-corrected chi connectivity index (χ3v) is 4.34. The van der Waals surface area contributed by atoms with Crippen molar-refractivity contribution in [1.29, 1.82) is 5.26 Å². The predicted molar refractivity (Wildman–Crippen MR) is 108 cm³/mol. The van der Waals surface area contributed by atoms with E-state index in [0.29, 0.717) is 22.1 Å². The largest absolute Gasteiger partial charge is 0.507 e. The summed E-state index contributed by atoms with van der Waals surface area (Å²) in [4.78, 5) is 12.5. The van der Waals surface area contributed by atoms with Crippen molar-refractivity contribution < 1.29 is 9.90 Å². The summed E-state index contributed by atoms with van der Waals surface area (Å²) < 4.78 is 0. The van der Waals surface area contributed by atoms with E-state index in [-0.39, 0.29) is 11.3 Å². The summed E-state index contributed by atoms with van der Waals surface area (Å²) >= 11 is 0. The Balaban J connectivity index is 1.57. The number of phenols is 1. The van der Waals surface area contributed by atoms with Crippen molar-refractivity contribution in [2.45, 2.75) is 0 Å². The van der Waals surface area contributed by atoms with Crippen LogP contribution in [0.5, 0.6) is 5.75 Å². The zero-order valence-corrected chi connectivity index (χ0v) is 14.6. The number of hydrogen-bond acceptors (Lipinski definition) is 5. The number of nitrogens with zero attached hydrogens (tertiary/aromatic N) is 2. The molecule has 28 heavy (non-hydrogen) atoms. The maximum absolute atomic E-state index is 12.5. The molecule has 136 valence electrons. The molecule has 0 aliphatic carbocycles. The van der Waals surface area contributed by atoms with Gasteiger partial charge in [0.05, 0.1) is 11.7 Å². The molecule has 4 rings (SSSR count). The Morgan fingerprint density at radius 3 is 2.82 bits per heavy atom. The molecule has 0 fully saturated rings. The number of anilines is 2. The van der Waals surface area contributed by atoms with E-state index >= 15 is 0 Å². The molecule has 0 saturated carbocycles. The SMILES string of the molecule is N#C/C(=C/Nc1ccc2cn[nH]c2c1)C(=O)Nc1cccc2c(O)cccc12. The summed E-state index contributed by atoms with van der Waals surface area (Å²) in [6, 6.07) is 17.7. The molecule has 7 nitrogen and oxygen atoms in total. The van der Waals surface area contributed by atoms with Gasteiger partial charge in [-0.2, -0.15) is 10.4 Å². The van der Waals surface area contributed by atoms with Gasteiger partial charge in [-0.1, -0.05) is 24.3 Å². The molecule has 0 unspecified atom stereocenters. The number of H-pyrrole nitrogens is 1. The van der Waals surface area contributed by atoms with Crippen LogP contribution in [0.2, 0.25) is 0 Å². The van der Waals surface area contributed by atoms with Gasteiger partial charge < -0.3 is 15.7 Å². The minimum Gasteiger partial charge on any atom is -0.507 e. The Kier molecular flexibility index (Phi) is 4.36. The van der Waals surface area contributed by atoms with Crippen LogP contribution in [0.15, 0.2) is 72.6 Å². The molecule has 0 aliphatic heterocycles. The molecule has 1 amide bonds. The smallest absolute Gasteiger partial charge is 0.267 e. The van der Waals surface area contributed by atoms with E-state index < -0.39 is 5.91 Å². The highest BCUT2D eigenvalue weighted by Crippen LogP contribution is 2.30. The molecular formula is C21H15N5O2. The number of rotatable bonds is 4. The first-order valence-electron chi connectivity index (χ1n) is 8.48. The Morgan fingerprint density at radius 1 is 1.14 bits per heavy atom. The fourth-order valence-electron chi connectivity index (χ4n) is 2.92. The summed E-state index contributed by atoms with van der Waals surface area (Å²) in [6.45, 7) is 0. The molecule has 0 radical (unpaired) electrons. The lowest BCUT2D eigenvalue weighted by atomic mass is 10.1. The van der Waals surface area contributed by atoms with Crippen LogP contribution in [-0.4, -0.2) is 21.2 Å². The van der Waals surface area contributed by atoms with Gasteiger partial charge in [0.1, 0.15) is 17.4 Å². The second-order valence-corrected chi connectivity index (χ2v) is 6.12. The van der Waals surface area contributed by atoms with Gasteiger partial charge in [-0.15, -0.1) is 0 Å². The molecule has 0 bridgehead atoms. The predicted octanol–water partition coefficient (Wildman–Crippen LogP) is 3.88. The molecule has 0 atom stereocenters. The quantitative estimate of drug-likeness (QED) is 0.322. The molecule has 1 aromatic heterocycles. The van der Waals surface area contributed by atoms with Crippen molar-refractivity contribution in [2.24, 2.45) is 0 Å². The van der Waals surface area contributed by atoms with Gasteiger partial charge in [0.2, 0.25) is 0 Å². The fourth-order valence-corrected chi connectivity index (χ4v) is 2.92. The Hall–Kier alpha value is -4.31. The van der Waals surface area contributed by atoms with E-state index in [9.17, 15) is 15.2 Å². The molecule has 4 N–H and O–H groups in total. The maximum atomic E-state index is 12.5. The number of phenolic OH excluding ortho intramolecular Hbond substituents is 1. The highest BCUT2D eigenvalue weighted by atomic mass is 16.3. The number of carbonyl (C=O) groups excluding carboxylic acids is 1. The lowest BCUT2D eigenvalue weighted by molar-refractivity contribution is -0.112. The van der Waals surface area contributed by atoms with Crippen LogP contribution in [0.3, 0.4) is 0 Å². The van der Waals surface area contributed by atoms with Crippen LogP contribution in [0.4, 0.5) is 11.4 Å². The molecule has 7 heteroatoms. The number of benzene rings is 3. The number of nitrogens with one attached hydrogen (secondary N) is 3. The highest BCUT2D eigenvalue weighted by Gasteiger charge is 2.12. The minimum atomic E-state index is -0.548. The van der Waals surface area contributed by atoms with Crippen LogP contribution < -0.4 is 10.6 Å². The maximum Gasteiger partial charge on any atom is 0.267 e. The van der Waals surface area contributed by atoms with E-state index in [1.54, 1.807) is 42.6 Å². The fraction of sp³-hybridized carbons (Fsp3) is 0. The normalized spacial score (nSPS) is 11.3. The van der Waals surface area contributed by atoms with Crippen molar-refractivity contribution in [3.63, 3.8) is 0 Å². The van der Waals surface area contributed by atoms with Gasteiger partial charge in [-0.25, -0.2) is 0 Å². The van der Waals surface area contributed by atoms with Crippen LogP contribution in [-0.2, 0) is 4.79 Å². The van der Waals surface area contributed by atoms with Crippen molar-refractivity contribution in [3.05, 3.63) is 72.6 Å². The average Bonchev–Trinajstić information content (AvgIpc) is 3.17. The highest BCUT2D eigenvalue weighted by molar-refractivity contribution is 6.11. The van der Waals surface area contributed by atoms with Gasteiger partial charge in [-0.3, -0.25) is 9.89 Å². The molecule has 0 saturated heterocycles. The van der Waals surface area contributed by atoms with Gasteiger partial charge in [-0.05, 0) is 30.3 Å². The number of nitriles is 1. The van der Waals surface area contributed by atoms with Crippen molar-refractivity contribution >= 4 is 39.0 Å². The average molecular weight is 369 g/mol. The van der Waals surface area contributed by atoms with Crippen molar-refractivity contribution in [2.75, 3.05) is 10.6 Å². The third-order valence-electron chi connectivity index (χ3n) is 4.34. The van der Waals surface area contributed by atoms with Crippen molar-refractivity contribution in [3.8, 4) is 11.8 Å². The zero-order chi connectivity index (χ0) is 19.5. The number of carbonyl (C=O) groups is 1. The molecular weight excluding hydrogens is 354 g/mol. The topological polar surface area (TPSA) is 114 Å². The number of amides is 1. The first-order chi connectivity index (χ1) is 13.7. The molecule has 1 heterocycles. The van der Waals surface area contributed by atoms with Crippen LogP contribution >= 0.6 is 0 Å². The standard InChI is InChI=1S/C21H15N5O2/c22-10-14(11-23-15-8-7-13-12-24-26-19(13)9-15)21(28)25-18-5-1-4-17-16(18)3-2-6-20(17)27/h1-9,11-12,23,27H,(H,24,26)(H,25,28)/b14-11-. The first-order valence-corrected chi connectivity index (χ1v) is 8.48. The second kappa shape index (κ2) is 7.13. The van der Waals surface area contributed by atoms with Gasteiger partial charge >= 0.3 is 0 Å². The summed E-state index contributed by atoms with van der Waals surface area (Å²) in [6.07, 6.45) is 3.07. The van der Waals surface area contributed by atoms with E-state index in [1.807, 2.05) is 24.3 Å². The number of hydrogen-bond donors (Lipinski definition) is 4. The monoisotopic (exact) mass is 369 g/mol. The summed E-state index contributed by atoms with van der Waals surface area (Å²) in [5, 5.41) is 34.1. The lowest BCUT2D eigenvalue weighted by Gasteiger charge is -2.09. The van der Waals surface area contributed by atoms with Gasteiger partial charge in [0.15, 0.2) is 0 Å². The molecule has 0 spiro atoms. The van der Waals surface area contributed by atoms with E-state index in [2.05, 4.69) is 20.8 Å². The van der Waals surface area contributed by atoms with E-state index in [1.165, 1.54) is 6.20 Å². The van der Waals surface area contributed by atoms with E-state index in [0.717, 1.165) is 10.9 Å². The van der Waals surface area contributed by atoms with Crippen molar-refractivity contribution in [1.82, 2.24) is 10.2 Å². The van der Waals surface area contributed by atoms with Crippen LogP contribution in [0.1, 0.15) is 0 Å². The number of fused-ring (bicyclic) bond motifs is 2. The Morgan fingerprint density at radius 2 is 1.96 bits per heavy atom. The lowest BCUT2D eigenvalue weighted by Crippen LogP contribution is -2.14. The summed E-state index contributed by atoms with van der Waals surface area (Å²) in [7, 11) is 0. The first kappa shape index (κ1) is 17.1.